The molecule has 2 atom stereocenters. The fourth-order valence-electron chi connectivity index (χ4n) is 7.32. The lowest BCUT2D eigenvalue weighted by molar-refractivity contribution is -0.116. The van der Waals surface area contributed by atoms with E-state index in [1.165, 1.54) is 14.2 Å². The molecule has 61 heavy (non-hydrogen) atoms. The molecular formula is C45H35Cl4N7O5. The van der Waals surface area contributed by atoms with E-state index in [1.807, 2.05) is 60.7 Å². The van der Waals surface area contributed by atoms with Crippen molar-refractivity contribution in [3.63, 3.8) is 0 Å². The molecule has 0 fully saturated rings. The third-order valence-electron chi connectivity index (χ3n) is 10.2. The summed E-state index contributed by atoms with van der Waals surface area (Å²) in [5.41, 5.74) is 5.99. The molecule has 0 bridgehead atoms. The van der Waals surface area contributed by atoms with Gasteiger partial charge in [-0.2, -0.15) is 0 Å². The van der Waals surface area contributed by atoms with E-state index in [2.05, 4.69) is 36.8 Å². The van der Waals surface area contributed by atoms with Crippen LogP contribution in [-0.2, 0) is 11.2 Å². The Morgan fingerprint density at radius 1 is 0.738 bits per heavy atom. The van der Waals surface area contributed by atoms with Gasteiger partial charge < -0.3 is 34.9 Å². The maximum absolute atomic E-state index is 12.1. The number of amides is 1. The standard InChI is InChI=1S/C45H35Cl4N7O5/c1-5-36(57)53-31-18-23-8-6-7-9-28(23)43(31)56-45-52-22-27-17-25(11-13-30(27)55-45)38-40(47)33(59-4)20-35(42(38)49)61-15-14-60-34-19-32(58-3)39(46)37(41(34)48)24-10-12-29-26(16-24)21-51-44(50-2)54-29/h1,6-13,16-17,19-22,31,43H,14-15,18H2,2-4H3,(H,53,57)(H,50,51,54)(H,52,55,56). The van der Waals surface area contributed by atoms with Gasteiger partial charge >= 0.3 is 0 Å². The molecule has 2 unspecified atom stereocenters. The van der Waals surface area contributed by atoms with Gasteiger partial charge in [0.15, 0.2) is 0 Å². The van der Waals surface area contributed by atoms with Crippen LogP contribution in [0.3, 0.4) is 0 Å². The first-order valence-electron chi connectivity index (χ1n) is 18.8. The fourth-order valence-corrected chi connectivity index (χ4v) is 8.71. The van der Waals surface area contributed by atoms with Crippen LogP contribution in [0.4, 0.5) is 11.9 Å². The fraction of sp³-hybridized carbons (Fsp3) is 0.178. The van der Waals surface area contributed by atoms with Crippen LogP contribution in [0, 0.1) is 12.3 Å². The number of nitrogens with one attached hydrogen (secondary N) is 3. The Morgan fingerprint density at radius 2 is 1.26 bits per heavy atom. The third-order valence-corrected chi connectivity index (χ3v) is 11.7. The molecule has 1 aliphatic carbocycles. The van der Waals surface area contributed by atoms with Crippen LogP contribution >= 0.6 is 46.4 Å². The summed E-state index contributed by atoms with van der Waals surface area (Å²) >= 11 is 27.7. The Balaban J connectivity index is 1.01. The number of nitrogens with zero attached hydrogens (tertiary/aromatic N) is 4. The van der Waals surface area contributed by atoms with Gasteiger partial charge in [-0.25, -0.2) is 19.9 Å². The Morgan fingerprint density at radius 3 is 1.80 bits per heavy atom. The largest absolute Gasteiger partial charge is 0.495 e. The summed E-state index contributed by atoms with van der Waals surface area (Å²) in [5.74, 6) is 3.94. The summed E-state index contributed by atoms with van der Waals surface area (Å²) < 4.78 is 23.5. The van der Waals surface area contributed by atoms with Crippen LogP contribution in [0.15, 0.2) is 85.2 Å². The number of rotatable bonds is 13. The number of carbonyl (C=O) groups is 1. The molecule has 16 heteroatoms. The molecule has 8 rings (SSSR count). The zero-order valence-corrected chi connectivity index (χ0v) is 35.8. The minimum absolute atomic E-state index is 0.0712. The van der Waals surface area contributed by atoms with Gasteiger partial charge in [0.1, 0.15) is 36.2 Å². The van der Waals surface area contributed by atoms with Crippen molar-refractivity contribution in [1.82, 2.24) is 25.3 Å². The van der Waals surface area contributed by atoms with E-state index >= 15 is 0 Å². The van der Waals surface area contributed by atoms with Gasteiger partial charge in [0.05, 0.1) is 57.4 Å². The first-order valence-corrected chi connectivity index (χ1v) is 20.3. The highest BCUT2D eigenvalue weighted by molar-refractivity contribution is 6.42. The molecule has 1 amide bonds. The molecular weight excluding hydrogens is 860 g/mol. The average Bonchev–Trinajstić information content (AvgIpc) is 3.61. The maximum atomic E-state index is 12.1. The molecule has 308 valence electrons. The summed E-state index contributed by atoms with van der Waals surface area (Å²) in [5, 5.41) is 12.0. The lowest BCUT2D eigenvalue weighted by atomic mass is 10.0. The van der Waals surface area contributed by atoms with Crippen molar-refractivity contribution in [1.29, 1.82) is 0 Å². The van der Waals surface area contributed by atoms with Gasteiger partial charge in [-0.3, -0.25) is 4.79 Å². The van der Waals surface area contributed by atoms with E-state index in [0.717, 1.165) is 33.0 Å². The van der Waals surface area contributed by atoms with Crippen LogP contribution in [0.25, 0.3) is 44.1 Å². The molecule has 0 spiro atoms. The second kappa shape index (κ2) is 17.8. The van der Waals surface area contributed by atoms with E-state index < -0.39 is 5.91 Å². The third kappa shape index (κ3) is 8.30. The number of benzene rings is 5. The zero-order chi connectivity index (χ0) is 42.8. The summed E-state index contributed by atoms with van der Waals surface area (Å²) in [6.07, 6.45) is 9.40. The molecule has 5 aromatic carbocycles. The molecule has 2 aromatic heterocycles. The minimum atomic E-state index is -0.482. The normalized spacial score (nSPS) is 14.3. The maximum Gasteiger partial charge on any atom is 0.295 e. The first-order chi connectivity index (χ1) is 29.6. The SMILES string of the molecule is C#CC(=O)NC1Cc2ccccc2C1Nc1ncc2cc(-c3c(Cl)c(OC)cc(OCCOc4cc(OC)c(Cl)c(-c5ccc6nc(NC)ncc6c5)c4Cl)c3Cl)ccc2n1. The Bertz CT molecular complexity index is 2890. The predicted molar refractivity (Wildman–Crippen MR) is 241 cm³/mol. The summed E-state index contributed by atoms with van der Waals surface area (Å²) in [6.45, 7) is 0.147. The van der Waals surface area contributed by atoms with E-state index in [9.17, 15) is 4.79 Å². The van der Waals surface area contributed by atoms with Gasteiger partial charge in [0.25, 0.3) is 5.91 Å². The molecule has 3 N–H and O–H groups in total. The highest BCUT2D eigenvalue weighted by Gasteiger charge is 2.34. The summed E-state index contributed by atoms with van der Waals surface area (Å²) in [7, 11) is 4.78. The van der Waals surface area contributed by atoms with E-state index in [-0.39, 0.29) is 35.3 Å². The van der Waals surface area contributed by atoms with E-state index in [4.69, 9.17) is 76.8 Å². The van der Waals surface area contributed by atoms with Crippen LogP contribution in [0.1, 0.15) is 17.2 Å². The molecule has 0 saturated heterocycles. The lowest BCUT2D eigenvalue weighted by Gasteiger charge is -2.22. The Kier molecular flexibility index (Phi) is 12.1. The molecule has 0 radical (unpaired) electrons. The quantitative estimate of drug-likeness (QED) is 0.0753. The molecule has 0 saturated carbocycles. The van der Waals surface area contributed by atoms with Crippen molar-refractivity contribution in [2.45, 2.75) is 18.5 Å². The molecule has 7 aromatic rings. The monoisotopic (exact) mass is 893 g/mol. The Hall–Kier alpha value is -6.23. The van der Waals surface area contributed by atoms with Crippen molar-refractivity contribution in [2.75, 3.05) is 45.1 Å². The number of methoxy groups -OCH3 is 2. The number of hydrogen-bond acceptors (Lipinski definition) is 11. The summed E-state index contributed by atoms with van der Waals surface area (Å²) in [6, 6.07) is 21.9. The molecule has 0 aliphatic heterocycles. The van der Waals surface area contributed by atoms with Crippen molar-refractivity contribution in [2.24, 2.45) is 0 Å². The average molecular weight is 896 g/mol. The number of carbonyl (C=O) groups excluding carboxylic acids is 1. The van der Waals surface area contributed by atoms with Gasteiger partial charge in [0.2, 0.25) is 11.9 Å². The first kappa shape index (κ1) is 41.5. The second-order valence-corrected chi connectivity index (χ2v) is 15.3. The van der Waals surface area contributed by atoms with Gasteiger partial charge in [-0.15, -0.1) is 6.42 Å². The van der Waals surface area contributed by atoms with Crippen molar-refractivity contribution in [3.05, 3.63) is 116 Å². The highest BCUT2D eigenvalue weighted by Crippen LogP contribution is 2.48. The predicted octanol–water partition coefficient (Wildman–Crippen LogP) is 9.86. The van der Waals surface area contributed by atoms with Crippen molar-refractivity contribution >= 4 is 86.0 Å². The number of fused-ring (bicyclic) bond motifs is 3. The number of hydrogen-bond donors (Lipinski definition) is 3. The zero-order valence-electron chi connectivity index (χ0n) is 32.8. The molecule has 2 heterocycles. The molecule has 1 aliphatic rings. The van der Waals surface area contributed by atoms with Gasteiger partial charge in [0, 0.05) is 53.5 Å². The highest BCUT2D eigenvalue weighted by atomic mass is 35.5. The molecule has 12 nitrogen and oxygen atoms in total. The summed E-state index contributed by atoms with van der Waals surface area (Å²) in [4.78, 5) is 30.3. The number of terminal acetylenes is 1. The van der Waals surface area contributed by atoms with E-state index in [0.29, 0.717) is 73.6 Å². The smallest absolute Gasteiger partial charge is 0.295 e. The van der Waals surface area contributed by atoms with Crippen molar-refractivity contribution in [3.8, 4) is 57.6 Å². The van der Waals surface area contributed by atoms with Gasteiger partial charge in [-0.05, 0) is 58.9 Å². The lowest BCUT2D eigenvalue weighted by Crippen LogP contribution is -2.39. The Labute approximate surface area is 370 Å². The topological polar surface area (TPSA) is 142 Å². The second-order valence-electron chi connectivity index (χ2n) is 13.8. The van der Waals surface area contributed by atoms with Crippen LogP contribution < -0.4 is 34.9 Å². The number of halogens is 4. The van der Waals surface area contributed by atoms with E-state index in [1.54, 1.807) is 31.6 Å². The van der Waals surface area contributed by atoms with Crippen molar-refractivity contribution < 1.29 is 23.7 Å². The van der Waals surface area contributed by atoms with Crippen LogP contribution in [-0.4, -0.2) is 66.4 Å². The number of aromatic nitrogens is 4. The number of ether oxygens (including phenoxy) is 4. The minimum Gasteiger partial charge on any atom is -0.495 e. The van der Waals surface area contributed by atoms with Crippen LogP contribution in [0.5, 0.6) is 23.0 Å². The van der Waals surface area contributed by atoms with Crippen LogP contribution in [0.2, 0.25) is 20.1 Å². The number of anilines is 2. The van der Waals surface area contributed by atoms with Gasteiger partial charge in [-0.1, -0.05) is 82.8 Å².